The summed E-state index contributed by atoms with van der Waals surface area (Å²) in [6, 6.07) is 6.12. The van der Waals surface area contributed by atoms with Gasteiger partial charge in [0.15, 0.2) is 5.96 Å². The molecule has 2 N–H and O–H groups in total. The Bertz CT molecular complexity index is 665. The molecule has 1 aromatic heterocycles. The molecule has 0 radical (unpaired) electrons. The Morgan fingerprint density at radius 3 is 2.83 bits per heavy atom. The van der Waals surface area contributed by atoms with Crippen LogP contribution in [0.5, 0.6) is 5.75 Å². The third-order valence-electron chi connectivity index (χ3n) is 2.99. The topological polar surface area (TPSA) is 58.5 Å². The van der Waals surface area contributed by atoms with Gasteiger partial charge in [-0.05, 0) is 26.0 Å². The molecule has 0 aliphatic heterocycles. The highest BCUT2D eigenvalue weighted by molar-refractivity contribution is 14.0. The number of aryl methyl sites for hydroxylation is 1. The molecule has 0 bridgehead atoms. The van der Waals surface area contributed by atoms with E-state index in [4.69, 9.17) is 4.74 Å². The van der Waals surface area contributed by atoms with Gasteiger partial charge in [0.25, 0.3) is 0 Å². The quantitative estimate of drug-likeness (QED) is 0.391. The first kappa shape index (κ1) is 20.6. The number of halogens is 2. The van der Waals surface area contributed by atoms with Crippen LogP contribution in [-0.2, 0) is 6.54 Å². The number of hydrogen-bond acceptors (Lipinski definition) is 4. The monoisotopic (exact) mass is 464 g/mol. The van der Waals surface area contributed by atoms with Crippen LogP contribution in [0.4, 0.5) is 4.39 Å². The number of ether oxygens (including phenoxy) is 1. The molecule has 2 aromatic rings. The Morgan fingerprint density at radius 1 is 1.42 bits per heavy atom. The Labute approximate surface area is 162 Å². The Morgan fingerprint density at radius 2 is 2.21 bits per heavy atom. The van der Waals surface area contributed by atoms with Crippen molar-refractivity contribution >= 4 is 41.3 Å². The lowest BCUT2D eigenvalue weighted by Gasteiger charge is -2.17. The van der Waals surface area contributed by atoms with Crippen molar-refractivity contribution in [2.24, 2.45) is 4.99 Å². The van der Waals surface area contributed by atoms with Crippen LogP contribution in [0.3, 0.4) is 0 Å². The van der Waals surface area contributed by atoms with E-state index in [1.807, 2.05) is 20.0 Å². The summed E-state index contributed by atoms with van der Waals surface area (Å²) < 4.78 is 18.8. The van der Waals surface area contributed by atoms with Crippen molar-refractivity contribution in [3.63, 3.8) is 0 Å². The number of aromatic nitrogens is 1. The van der Waals surface area contributed by atoms with E-state index in [0.29, 0.717) is 24.8 Å². The summed E-state index contributed by atoms with van der Waals surface area (Å²) in [7, 11) is 1.71. The number of benzene rings is 1. The molecule has 0 aliphatic rings. The molecule has 1 atom stereocenters. The van der Waals surface area contributed by atoms with Gasteiger partial charge in [-0.15, -0.1) is 35.3 Å². The van der Waals surface area contributed by atoms with Crippen molar-refractivity contribution in [3.8, 4) is 5.75 Å². The van der Waals surface area contributed by atoms with Gasteiger partial charge in [-0.25, -0.2) is 9.37 Å². The van der Waals surface area contributed by atoms with Crippen molar-refractivity contribution in [1.29, 1.82) is 0 Å². The molecule has 1 unspecified atom stereocenters. The number of rotatable bonds is 6. The van der Waals surface area contributed by atoms with Gasteiger partial charge in [0.05, 0.1) is 13.1 Å². The van der Waals surface area contributed by atoms with Crippen LogP contribution in [0.25, 0.3) is 0 Å². The molecule has 0 spiro atoms. The van der Waals surface area contributed by atoms with E-state index in [-0.39, 0.29) is 35.9 Å². The third-order valence-corrected chi connectivity index (χ3v) is 3.90. The molecule has 132 valence electrons. The second-order valence-corrected chi connectivity index (χ2v) is 6.38. The van der Waals surface area contributed by atoms with Gasteiger partial charge < -0.3 is 15.4 Å². The molecule has 1 aromatic carbocycles. The maximum Gasteiger partial charge on any atom is 0.191 e. The predicted octanol–water partition coefficient (Wildman–Crippen LogP) is 3.34. The molecule has 24 heavy (non-hydrogen) atoms. The fourth-order valence-corrected chi connectivity index (χ4v) is 2.64. The smallest absolute Gasteiger partial charge is 0.191 e. The zero-order valence-electron chi connectivity index (χ0n) is 13.9. The maximum absolute atomic E-state index is 13.1. The summed E-state index contributed by atoms with van der Waals surface area (Å²) in [5.74, 6) is 0.881. The largest absolute Gasteiger partial charge is 0.489 e. The zero-order valence-corrected chi connectivity index (χ0v) is 17.0. The molecule has 8 heteroatoms. The van der Waals surface area contributed by atoms with Gasteiger partial charge in [0, 0.05) is 24.2 Å². The van der Waals surface area contributed by atoms with Crippen LogP contribution in [0, 0.1) is 12.7 Å². The zero-order chi connectivity index (χ0) is 16.7. The van der Waals surface area contributed by atoms with Crippen LogP contribution in [0.2, 0.25) is 0 Å². The lowest BCUT2D eigenvalue weighted by atomic mass is 10.3. The number of thiazole rings is 1. The van der Waals surface area contributed by atoms with Crippen molar-refractivity contribution in [3.05, 3.63) is 46.2 Å². The number of aliphatic imine (C=N–C) groups is 1. The highest BCUT2D eigenvalue weighted by Gasteiger charge is 2.07. The molecular weight excluding hydrogens is 442 g/mol. The van der Waals surface area contributed by atoms with Gasteiger partial charge in [0.1, 0.15) is 22.7 Å². The number of nitrogens with one attached hydrogen (secondary N) is 2. The van der Waals surface area contributed by atoms with E-state index in [9.17, 15) is 4.39 Å². The highest BCUT2D eigenvalue weighted by atomic mass is 127. The fourth-order valence-electron chi connectivity index (χ4n) is 1.92. The second kappa shape index (κ2) is 10.4. The van der Waals surface area contributed by atoms with Gasteiger partial charge in [-0.3, -0.25) is 4.99 Å². The minimum Gasteiger partial charge on any atom is -0.489 e. The first-order valence-electron chi connectivity index (χ1n) is 7.35. The second-order valence-electron chi connectivity index (χ2n) is 5.06. The Balaban J connectivity index is 0.00000288. The van der Waals surface area contributed by atoms with E-state index in [2.05, 4.69) is 20.6 Å². The summed E-state index contributed by atoms with van der Waals surface area (Å²) in [6.07, 6.45) is 1.73. The summed E-state index contributed by atoms with van der Waals surface area (Å²) in [5.41, 5.74) is 0. The van der Waals surface area contributed by atoms with E-state index in [1.165, 1.54) is 17.0 Å². The average Bonchev–Trinajstić information content (AvgIpc) is 2.93. The summed E-state index contributed by atoms with van der Waals surface area (Å²) in [5, 5.41) is 7.39. The summed E-state index contributed by atoms with van der Waals surface area (Å²) in [4.78, 5) is 9.64. The first-order valence-corrected chi connectivity index (χ1v) is 8.16. The number of hydrogen-bond donors (Lipinski definition) is 2. The Kier molecular flexibility index (Phi) is 8.98. The summed E-state index contributed by atoms with van der Waals surface area (Å²) in [6.45, 7) is 5.11. The number of nitrogens with zero attached hydrogens (tertiary/aromatic N) is 2. The molecule has 0 fully saturated rings. The molecule has 0 saturated heterocycles. The SMILES string of the molecule is CN=C(NCc1ncc(C)s1)NCC(C)Oc1cccc(F)c1.I. The molecular formula is C16H22FIN4OS. The Hall–Kier alpha value is -1.42. The van der Waals surface area contributed by atoms with Gasteiger partial charge >= 0.3 is 0 Å². The average molecular weight is 464 g/mol. The van der Waals surface area contributed by atoms with Crippen molar-refractivity contribution < 1.29 is 9.13 Å². The number of guanidine groups is 1. The summed E-state index contributed by atoms with van der Waals surface area (Å²) >= 11 is 1.65. The molecule has 0 amide bonds. The minimum atomic E-state index is -0.307. The molecule has 0 aliphatic carbocycles. The van der Waals surface area contributed by atoms with Crippen molar-refractivity contribution in [1.82, 2.24) is 15.6 Å². The first-order chi connectivity index (χ1) is 11.1. The standard InChI is InChI=1S/C16H21FN4OS.HI/c1-11(22-14-6-4-5-13(17)7-14)8-20-16(18-3)21-10-15-19-9-12(2)23-15;/h4-7,9,11H,8,10H2,1-3H3,(H2,18,20,21);1H. The van der Waals surface area contributed by atoms with Crippen molar-refractivity contribution in [2.45, 2.75) is 26.5 Å². The van der Waals surface area contributed by atoms with Crippen molar-refractivity contribution in [2.75, 3.05) is 13.6 Å². The fraction of sp³-hybridized carbons (Fsp3) is 0.375. The normalized spacial score (nSPS) is 12.2. The van der Waals surface area contributed by atoms with Crippen LogP contribution < -0.4 is 15.4 Å². The van der Waals surface area contributed by atoms with Gasteiger partial charge in [0.2, 0.25) is 0 Å². The van der Waals surface area contributed by atoms with Gasteiger partial charge in [-0.1, -0.05) is 6.07 Å². The van der Waals surface area contributed by atoms with Crippen LogP contribution in [0.15, 0.2) is 35.5 Å². The van der Waals surface area contributed by atoms with E-state index < -0.39 is 0 Å². The van der Waals surface area contributed by atoms with Crippen LogP contribution >= 0.6 is 35.3 Å². The van der Waals surface area contributed by atoms with Gasteiger partial charge in [-0.2, -0.15) is 0 Å². The van der Waals surface area contributed by atoms with E-state index >= 15 is 0 Å². The van der Waals surface area contributed by atoms with Crippen LogP contribution in [0.1, 0.15) is 16.8 Å². The molecule has 2 rings (SSSR count). The van der Waals surface area contributed by atoms with Crippen LogP contribution in [-0.4, -0.2) is 30.6 Å². The molecule has 1 heterocycles. The predicted molar refractivity (Wildman–Crippen MR) is 107 cm³/mol. The lowest BCUT2D eigenvalue weighted by molar-refractivity contribution is 0.223. The third kappa shape index (κ3) is 7.00. The maximum atomic E-state index is 13.1. The van der Waals surface area contributed by atoms with E-state index in [0.717, 1.165) is 5.01 Å². The highest BCUT2D eigenvalue weighted by Crippen LogP contribution is 2.13. The lowest BCUT2D eigenvalue weighted by Crippen LogP contribution is -2.41. The molecule has 0 saturated carbocycles. The minimum absolute atomic E-state index is 0. The molecule has 5 nitrogen and oxygen atoms in total. The van der Waals surface area contributed by atoms with E-state index in [1.54, 1.807) is 30.5 Å².